The molecule has 7 heteroatoms. The highest BCUT2D eigenvalue weighted by Gasteiger charge is 2.11. The van der Waals surface area contributed by atoms with E-state index in [2.05, 4.69) is 15.3 Å². The zero-order valence-corrected chi connectivity index (χ0v) is 13.9. The van der Waals surface area contributed by atoms with E-state index in [1.807, 2.05) is 24.3 Å². The summed E-state index contributed by atoms with van der Waals surface area (Å²) in [6.45, 7) is -0.184. The molecule has 0 spiro atoms. The number of aromatic nitrogens is 2. The van der Waals surface area contributed by atoms with Crippen LogP contribution in [-0.2, 0) is 4.79 Å². The van der Waals surface area contributed by atoms with Crippen LogP contribution in [0, 0.1) is 0 Å². The fourth-order valence-electron chi connectivity index (χ4n) is 2.32. The monoisotopic (exact) mass is 339 g/mol. The first kappa shape index (κ1) is 16.5. The first-order valence-corrected chi connectivity index (χ1v) is 7.55. The van der Waals surface area contributed by atoms with Crippen molar-refractivity contribution in [1.82, 2.24) is 9.97 Å². The molecule has 0 radical (unpaired) electrons. The number of hydrogen-bond donors (Lipinski definition) is 1. The molecule has 0 bridgehead atoms. The van der Waals surface area contributed by atoms with E-state index in [4.69, 9.17) is 14.2 Å². The van der Waals surface area contributed by atoms with Crippen molar-refractivity contribution in [1.29, 1.82) is 0 Å². The molecule has 0 fully saturated rings. The van der Waals surface area contributed by atoms with Gasteiger partial charge in [0.15, 0.2) is 6.61 Å². The number of methoxy groups -OCH3 is 2. The van der Waals surface area contributed by atoms with E-state index in [1.165, 1.54) is 13.4 Å². The average Bonchev–Trinajstić information content (AvgIpc) is 2.66. The van der Waals surface area contributed by atoms with Crippen molar-refractivity contribution in [2.45, 2.75) is 0 Å². The van der Waals surface area contributed by atoms with E-state index in [9.17, 15) is 4.79 Å². The number of para-hydroxylation sites is 1. The van der Waals surface area contributed by atoms with Crippen LogP contribution in [0.2, 0.25) is 0 Å². The van der Waals surface area contributed by atoms with Gasteiger partial charge in [0.2, 0.25) is 5.88 Å². The highest BCUT2D eigenvalue weighted by Crippen LogP contribution is 2.29. The second kappa shape index (κ2) is 7.48. The lowest BCUT2D eigenvalue weighted by Crippen LogP contribution is -2.21. The van der Waals surface area contributed by atoms with Crippen LogP contribution in [0.15, 0.2) is 48.8 Å². The lowest BCUT2D eigenvalue weighted by molar-refractivity contribution is -0.118. The quantitative estimate of drug-likeness (QED) is 0.743. The number of fused-ring (bicyclic) bond motifs is 1. The number of anilines is 1. The van der Waals surface area contributed by atoms with E-state index in [0.717, 1.165) is 10.9 Å². The molecule has 25 heavy (non-hydrogen) atoms. The van der Waals surface area contributed by atoms with Gasteiger partial charge in [-0.25, -0.2) is 9.97 Å². The summed E-state index contributed by atoms with van der Waals surface area (Å²) >= 11 is 0. The van der Waals surface area contributed by atoms with E-state index < -0.39 is 0 Å². The summed E-state index contributed by atoms with van der Waals surface area (Å²) < 4.78 is 15.9. The van der Waals surface area contributed by atoms with Gasteiger partial charge in [0.25, 0.3) is 5.91 Å². The lowest BCUT2D eigenvalue weighted by Gasteiger charge is -2.12. The van der Waals surface area contributed by atoms with Crippen LogP contribution in [0.25, 0.3) is 10.9 Å². The third-order valence-corrected chi connectivity index (χ3v) is 3.53. The minimum atomic E-state index is -0.328. The Balaban J connectivity index is 1.69. The van der Waals surface area contributed by atoms with Crippen LogP contribution in [0.5, 0.6) is 17.4 Å². The van der Waals surface area contributed by atoms with E-state index in [0.29, 0.717) is 23.1 Å². The Bertz CT molecular complexity index is 893. The summed E-state index contributed by atoms with van der Waals surface area (Å²) in [6, 6.07) is 12.6. The number of amides is 1. The predicted molar refractivity (Wildman–Crippen MR) is 93.2 cm³/mol. The minimum absolute atomic E-state index is 0.184. The molecule has 0 aliphatic carbocycles. The number of carbonyl (C=O) groups is 1. The molecule has 1 aromatic heterocycles. The Morgan fingerprint density at radius 1 is 1.08 bits per heavy atom. The number of benzene rings is 2. The maximum Gasteiger partial charge on any atom is 0.262 e. The van der Waals surface area contributed by atoms with Crippen molar-refractivity contribution in [3.63, 3.8) is 0 Å². The molecule has 0 aliphatic rings. The maximum absolute atomic E-state index is 12.2. The molecular formula is C18H17N3O4. The maximum atomic E-state index is 12.2. The second-order valence-corrected chi connectivity index (χ2v) is 5.10. The Morgan fingerprint density at radius 2 is 1.92 bits per heavy atom. The van der Waals surface area contributed by atoms with E-state index in [-0.39, 0.29) is 12.5 Å². The number of hydrogen-bond acceptors (Lipinski definition) is 6. The van der Waals surface area contributed by atoms with Crippen LogP contribution < -0.4 is 19.5 Å². The van der Waals surface area contributed by atoms with Gasteiger partial charge in [-0.2, -0.15) is 0 Å². The van der Waals surface area contributed by atoms with Crippen LogP contribution in [-0.4, -0.2) is 36.7 Å². The molecule has 3 aromatic rings. The van der Waals surface area contributed by atoms with Gasteiger partial charge in [-0.3, -0.25) is 4.79 Å². The summed E-state index contributed by atoms with van der Waals surface area (Å²) in [5.41, 5.74) is 1.29. The van der Waals surface area contributed by atoms with E-state index in [1.54, 1.807) is 25.3 Å². The number of carbonyl (C=O) groups excluding carboxylic acids is 1. The van der Waals surface area contributed by atoms with Gasteiger partial charge < -0.3 is 19.5 Å². The van der Waals surface area contributed by atoms with Crippen molar-refractivity contribution >= 4 is 22.5 Å². The smallest absolute Gasteiger partial charge is 0.262 e. The van der Waals surface area contributed by atoms with Gasteiger partial charge in [-0.05, 0) is 24.3 Å². The van der Waals surface area contributed by atoms with Crippen LogP contribution in [0.3, 0.4) is 0 Å². The number of ether oxygens (including phenoxy) is 3. The van der Waals surface area contributed by atoms with Crippen molar-refractivity contribution in [2.75, 3.05) is 26.1 Å². The lowest BCUT2D eigenvalue weighted by atomic mass is 10.2. The highest BCUT2D eigenvalue weighted by molar-refractivity contribution is 5.93. The molecule has 0 saturated carbocycles. The van der Waals surface area contributed by atoms with Crippen molar-refractivity contribution in [3.05, 3.63) is 48.8 Å². The Morgan fingerprint density at radius 3 is 2.72 bits per heavy atom. The molecular weight excluding hydrogens is 322 g/mol. The summed E-state index contributed by atoms with van der Waals surface area (Å²) in [6.07, 6.45) is 1.40. The molecule has 0 unspecified atom stereocenters. The zero-order chi connectivity index (χ0) is 17.6. The molecule has 0 saturated heterocycles. The molecule has 3 rings (SSSR count). The van der Waals surface area contributed by atoms with E-state index >= 15 is 0 Å². The largest absolute Gasteiger partial charge is 0.497 e. The minimum Gasteiger partial charge on any atom is -0.497 e. The van der Waals surface area contributed by atoms with Gasteiger partial charge in [0.1, 0.15) is 17.8 Å². The van der Waals surface area contributed by atoms with Gasteiger partial charge in [0, 0.05) is 6.07 Å². The SMILES string of the molecule is COc1ccc(NC(=O)COc2ncnc3ccccc23)c(OC)c1. The van der Waals surface area contributed by atoms with Gasteiger partial charge in [-0.15, -0.1) is 0 Å². The first-order valence-electron chi connectivity index (χ1n) is 7.55. The fraction of sp³-hybridized carbons (Fsp3) is 0.167. The summed E-state index contributed by atoms with van der Waals surface area (Å²) in [5.74, 6) is 1.17. The topological polar surface area (TPSA) is 82.6 Å². The summed E-state index contributed by atoms with van der Waals surface area (Å²) in [4.78, 5) is 20.4. The van der Waals surface area contributed by atoms with Crippen molar-refractivity contribution in [2.24, 2.45) is 0 Å². The molecule has 1 amide bonds. The van der Waals surface area contributed by atoms with Crippen molar-refractivity contribution in [3.8, 4) is 17.4 Å². The number of rotatable bonds is 6. The third kappa shape index (κ3) is 3.77. The first-order chi connectivity index (χ1) is 12.2. The highest BCUT2D eigenvalue weighted by atomic mass is 16.5. The molecule has 1 heterocycles. The molecule has 7 nitrogen and oxygen atoms in total. The zero-order valence-electron chi connectivity index (χ0n) is 13.9. The normalized spacial score (nSPS) is 10.3. The Hall–Kier alpha value is -3.35. The second-order valence-electron chi connectivity index (χ2n) is 5.10. The number of nitrogens with zero attached hydrogens (tertiary/aromatic N) is 2. The van der Waals surface area contributed by atoms with Crippen LogP contribution >= 0.6 is 0 Å². The number of nitrogens with one attached hydrogen (secondary N) is 1. The predicted octanol–water partition coefficient (Wildman–Crippen LogP) is 2.66. The Labute approximate surface area is 144 Å². The standard InChI is InChI=1S/C18H17N3O4/c1-23-12-7-8-15(16(9-12)24-2)21-17(22)10-25-18-13-5-3-4-6-14(13)19-11-20-18/h3-9,11H,10H2,1-2H3,(H,21,22). The molecule has 1 N–H and O–H groups in total. The molecule has 128 valence electrons. The summed E-state index contributed by atoms with van der Waals surface area (Å²) in [7, 11) is 3.08. The van der Waals surface area contributed by atoms with Gasteiger partial charge >= 0.3 is 0 Å². The fourth-order valence-corrected chi connectivity index (χ4v) is 2.32. The molecule has 0 atom stereocenters. The van der Waals surface area contributed by atoms with Crippen LogP contribution in [0.4, 0.5) is 5.69 Å². The Kier molecular flexibility index (Phi) is 4.94. The van der Waals surface area contributed by atoms with Gasteiger partial charge in [-0.1, -0.05) is 12.1 Å². The third-order valence-electron chi connectivity index (χ3n) is 3.53. The molecule has 0 aliphatic heterocycles. The van der Waals surface area contributed by atoms with Crippen LogP contribution in [0.1, 0.15) is 0 Å². The average molecular weight is 339 g/mol. The van der Waals surface area contributed by atoms with Crippen molar-refractivity contribution < 1.29 is 19.0 Å². The molecule has 2 aromatic carbocycles. The van der Waals surface area contributed by atoms with Gasteiger partial charge in [0.05, 0.1) is 30.8 Å². The summed E-state index contributed by atoms with van der Waals surface area (Å²) in [5, 5.41) is 3.49.